The van der Waals surface area contributed by atoms with Gasteiger partial charge in [-0.3, -0.25) is 9.71 Å². The van der Waals surface area contributed by atoms with Crippen molar-refractivity contribution >= 4 is 33.3 Å². The summed E-state index contributed by atoms with van der Waals surface area (Å²) in [4.78, 5) is 11.6. The Morgan fingerprint density at radius 1 is 1.15 bits per heavy atom. The van der Waals surface area contributed by atoms with Crippen LogP contribution in [0.2, 0.25) is 5.02 Å². The molecule has 0 saturated carbocycles. The lowest BCUT2D eigenvalue weighted by Crippen LogP contribution is -2.20. The fraction of sp³-hybridized carbons (Fsp3) is 0.190. The molecule has 0 spiro atoms. The van der Waals surface area contributed by atoms with E-state index in [2.05, 4.69) is 36.8 Å². The van der Waals surface area contributed by atoms with Crippen LogP contribution in [0, 0.1) is 30.4 Å². The number of nitrogens with zero attached hydrogens (tertiary/aromatic N) is 3. The summed E-state index contributed by atoms with van der Waals surface area (Å²) in [6, 6.07) is 2.76. The first kappa shape index (κ1) is 24.3. The van der Waals surface area contributed by atoms with E-state index in [1.54, 1.807) is 6.92 Å². The summed E-state index contributed by atoms with van der Waals surface area (Å²) in [6.07, 6.45) is 3.95. The molecule has 12 heteroatoms. The first-order valence-corrected chi connectivity index (χ1v) is 11.3. The zero-order valence-corrected chi connectivity index (χ0v) is 19.0. The second-order valence-corrected chi connectivity index (χ2v) is 8.99. The van der Waals surface area contributed by atoms with Crippen molar-refractivity contribution in [1.29, 1.82) is 0 Å². The Labute approximate surface area is 194 Å². The average Bonchev–Trinajstić information content (AvgIpc) is 2.78. The zero-order valence-electron chi connectivity index (χ0n) is 17.4. The van der Waals surface area contributed by atoms with Crippen molar-refractivity contribution in [3.8, 4) is 11.8 Å². The van der Waals surface area contributed by atoms with E-state index in [9.17, 15) is 17.2 Å². The van der Waals surface area contributed by atoms with Gasteiger partial charge >= 0.3 is 0 Å². The number of sulfonamides is 1. The van der Waals surface area contributed by atoms with Gasteiger partial charge in [-0.25, -0.2) is 27.2 Å². The normalized spacial score (nSPS) is 11.9. The number of benzene rings is 1. The summed E-state index contributed by atoms with van der Waals surface area (Å²) < 4.78 is 56.6. The second kappa shape index (κ2) is 10.1. The number of hydrogen-bond donors (Lipinski definition) is 3. The molecule has 1 aromatic carbocycles. The molecule has 0 aliphatic rings. The highest BCUT2D eigenvalue weighted by atomic mass is 35.5. The molecule has 0 fully saturated rings. The SMILES string of the molecule is Cc1ncc(Cl)cc1S(=O)(=O)Nc1ccc(F)c(C#Cc2cnc(N[C@H](C)CO)nc2)c1F. The van der Waals surface area contributed by atoms with Crippen molar-refractivity contribution in [3.63, 3.8) is 0 Å². The minimum Gasteiger partial charge on any atom is -0.394 e. The Hall–Kier alpha value is -3.33. The van der Waals surface area contributed by atoms with Gasteiger partial charge in [-0.15, -0.1) is 0 Å². The van der Waals surface area contributed by atoms with E-state index in [-0.39, 0.29) is 39.8 Å². The maximum atomic E-state index is 14.9. The third-order valence-electron chi connectivity index (χ3n) is 4.27. The van der Waals surface area contributed by atoms with Crippen LogP contribution >= 0.6 is 11.6 Å². The van der Waals surface area contributed by atoms with Gasteiger partial charge in [0.05, 0.1) is 34.1 Å². The van der Waals surface area contributed by atoms with E-state index in [0.29, 0.717) is 0 Å². The molecule has 3 rings (SSSR count). The van der Waals surface area contributed by atoms with Gasteiger partial charge in [0.15, 0.2) is 5.82 Å². The van der Waals surface area contributed by atoms with Crippen LogP contribution in [0.4, 0.5) is 20.4 Å². The topological polar surface area (TPSA) is 117 Å². The lowest BCUT2D eigenvalue weighted by Gasteiger charge is -2.12. The van der Waals surface area contributed by atoms with E-state index < -0.39 is 32.9 Å². The molecule has 0 aliphatic heterocycles. The number of pyridine rings is 1. The highest BCUT2D eigenvalue weighted by molar-refractivity contribution is 7.92. The summed E-state index contributed by atoms with van der Waals surface area (Å²) in [5, 5.41) is 12.0. The summed E-state index contributed by atoms with van der Waals surface area (Å²) in [6.45, 7) is 3.07. The fourth-order valence-corrected chi connectivity index (χ4v) is 4.08. The van der Waals surface area contributed by atoms with Crippen LogP contribution in [-0.2, 0) is 10.0 Å². The Morgan fingerprint density at radius 3 is 2.52 bits per heavy atom. The maximum absolute atomic E-state index is 14.9. The smallest absolute Gasteiger partial charge is 0.263 e. The summed E-state index contributed by atoms with van der Waals surface area (Å²) in [7, 11) is -4.26. The summed E-state index contributed by atoms with van der Waals surface area (Å²) >= 11 is 5.82. The van der Waals surface area contributed by atoms with Crippen LogP contribution in [-0.4, -0.2) is 41.1 Å². The third kappa shape index (κ3) is 5.92. The van der Waals surface area contributed by atoms with Gasteiger partial charge < -0.3 is 10.4 Å². The van der Waals surface area contributed by atoms with Crippen LogP contribution in [0.15, 0.2) is 41.7 Å². The van der Waals surface area contributed by atoms with Gasteiger partial charge in [-0.05, 0) is 32.0 Å². The van der Waals surface area contributed by atoms with Gasteiger partial charge in [0.2, 0.25) is 5.95 Å². The average molecular weight is 494 g/mol. The van der Waals surface area contributed by atoms with Crippen molar-refractivity contribution in [2.24, 2.45) is 0 Å². The molecule has 172 valence electrons. The Bertz CT molecular complexity index is 1340. The highest BCUT2D eigenvalue weighted by Gasteiger charge is 2.22. The molecule has 0 unspecified atom stereocenters. The van der Waals surface area contributed by atoms with E-state index in [0.717, 1.165) is 12.1 Å². The molecule has 3 aromatic rings. The number of rotatable bonds is 6. The number of aliphatic hydroxyl groups excluding tert-OH is 1. The number of nitrogens with one attached hydrogen (secondary N) is 2. The standard InChI is InChI=1S/C21H18ClF2N5O3S/c1-12(11-30)28-21-26-8-14(9-27-21)3-4-16-17(23)5-6-18(20(16)24)29-33(31,32)19-7-15(22)10-25-13(19)2/h5-10,12,29-30H,11H2,1-2H3,(H,26,27,28)/t12-/m1/s1. The second-order valence-electron chi connectivity index (χ2n) is 6.90. The van der Waals surface area contributed by atoms with Crippen LogP contribution in [0.5, 0.6) is 0 Å². The molecule has 0 amide bonds. The van der Waals surface area contributed by atoms with Crippen LogP contribution in [0.3, 0.4) is 0 Å². The number of aryl methyl sites for hydroxylation is 1. The van der Waals surface area contributed by atoms with Crippen molar-refractivity contribution in [3.05, 3.63) is 70.3 Å². The lowest BCUT2D eigenvalue weighted by molar-refractivity contribution is 0.281. The van der Waals surface area contributed by atoms with Gasteiger partial charge in [0.1, 0.15) is 10.7 Å². The van der Waals surface area contributed by atoms with Crippen LogP contribution in [0.25, 0.3) is 0 Å². The van der Waals surface area contributed by atoms with E-state index in [4.69, 9.17) is 16.7 Å². The molecular formula is C21H18ClF2N5O3S. The first-order valence-electron chi connectivity index (χ1n) is 9.45. The van der Waals surface area contributed by atoms with Gasteiger partial charge in [-0.1, -0.05) is 23.4 Å². The largest absolute Gasteiger partial charge is 0.394 e. The summed E-state index contributed by atoms with van der Waals surface area (Å²) in [5.41, 5.74) is -0.704. The quantitative estimate of drug-likeness (QED) is 0.452. The predicted octanol–water partition coefficient (Wildman–Crippen LogP) is 3.10. The molecule has 1 atom stereocenters. The Kier molecular flexibility index (Phi) is 7.43. The number of aliphatic hydroxyl groups is 1. The molecule has 8 nitrogen and oxygen atoms in total. The Balaban J connectivity index is 1.89. The van der Waals surface area contributed by atoms with E-state index >= 15 is 0 Å². The molecule has 0 saturated heterocycles. The number of halogens is 3. The molecule has 2 heterocycles. The monoisotopic (exact) mass is 493 g/mol. The first-order chi connectivity index (χ1) is 15.6. The van der Waals surface area contributed by atoms with E-state index in [1.807, 2.05) is 0 Å². The van der Waals surface area contributed by atoms with Crippen molar-refractivity contribution in [1.82, 2.24) is 15.0 Å². The summed E-state index contributed by atoms with van der Waals surface area (Å²) in [5.74, 6) is 2.98. The van der Waals surface area contributed by atoms with Gasteiger partial charge in [0, 0.05) is 24.6 Å². The third-order valence-corrected chi connectivity index (χ3v) is 5.95. The molecule has 0 aliphatic carbocycles. The fourth-order valence-electron chi connectivity index (χ4n) is 2.57. The van der Waals surface area contributed by atoms with Crippen molar-refractivity contribution in [2.45, 2.75) is 24.8 Å². The minimum atomic E-state index is -4.26. The Morgan fingerprint density at radius 2 is 1.85 bits per heavy atom. The molecule has 2 aromatic heterocycles. The van der Waals surface area contributed by atoms with Gasteiger partial charge in [-0.2, -0.15) is 0 Å². The van der Waals surface area contributed by atoms with Crippen LogP contribution in [0.1, 0.15) is 23.7 Å². The molecule has 0 radical (unpaired) electrons. The number of anilines is 2. The van der Waals surface area contributed by atoms with Gasteiger partial charge in [0.25, 0.3) is 10.0 Å². The lowest BCUT2D eigenvalue weighted by atomic mass is 10.1. The zero-order chi connectivity index (χ0) is 24.2. The van der Waals surface area contributed by atoms with Crippen molar-refractivity contribution < 1.29 is 22.3 Å². The van der Waals surface area contributed by atoms with Crippen LogP contribution < -0.4 is 10.0 Å². The highest BCUT2D eigenvalue weighted by Crippen LogP contribution is 2.25. The molecular weight excluding hydrogens is 476 g/mol. The predicted molar refractivity (Wildman–Crippen MR) is 119 cm³/mol. The number of aromatic nitrogens is 3. The van der Waals surface area contributed by atoms with Crippen molar-refractivity contribution in [2.75, 3.05) is 16.6 Å². The van der Waals surface area contributed by atoms with E-state index in [1.165, 1.54) is 31.6 Å². The molecule has 0 bridgehead atoms. The minimum absolute atomic E-state index is 0.0846. The maximum Gasteiger partial charge on any atom is 0.263 e. The molecule has 3 N–H and O–H groups in total. The number of hydrogen-bond acceptors (Lipinski definition) is 7. The molecule has 33 heavy (non-hydrogen) atoms.